The van der Waals surface area contributed by atoms with E-state index in [1.54, 1.807) is 0 Å². The maximum Gasteiger partial charge on any atom is 0.325 e. The molecule has 0 spiro atoms. The monoisotopic (exact) mass is 730 g/mol. The molecule has 6 nitrogen and oxygen atoms in total. The molecule has 0 aromatic carbocycles. The number of carboxylic acid groups (broad SMARTS) is 1. The van der Waals surface area contributed by atoms with E-state index in [1.807, 2.05) is 17.2 Å². The van der Waals surface area contributed by atoms with Crippen LogP contribution in [0.15, 0.2) is 35.8 Å². The Morgan fingerprint density at radius 3 is 2.78 bits per heavy atom. The van der Waals surface area contributed by atoms with Crippen LogP contribution in [0, 0.1) is 3.57 Å². The van der Waals surface area contributed by atoms with Gasteiger partial charge in [-0.05, 0) is 104 Å². The van der Waals surface area contributed by atoms with Crippen LogP contribution in [-0.4, -0.2) is 45.6 Å². The van der Waals surface area contributed by atoms with Gasteiger partial charge in [-0.25, -0.2) is 9.37 Å². The number of hydrogen-bond acceptors (Lipinski definition) is 5. The van der Waals surface area contributed by atoms with Crippen molar-refractivity contribution in [2.24, 2.45) is 0 Å². The molecule has 0 bridgehead atoms. The van der Waals surface area contributed by atoms with E-state index in [9.17, 15) is 9.90 Å². The largest absolute Gasteiger partial charge is 0.480 e. The van der Waals surface area contributed by atoms with Gasteiger partial charge in [0.25, 0.3) is 0 Å². The van der Waals surface area contributed by atoms with Crippen molar-refractivity contribution in [3.63, 3.8) is 0 Å². The summed E-state index contributed by atoms with van der Waals surface area (Å²) in [5.74, 6) is 0.477. The molecule has 2 aromatic rings. The maximum atomic E-state index is 15.2. The Kier molecular flexibility index (Phi) is 9.00. The number of allylic oxidation sites excluding steroid dienone is 1. The first-order valence-electron chi connectivity index (χ1n) is 13.3. The summed E-state index contributed by atoms with van der Waals surface area (Å²) in [6, 6.07) is 5.48. The van der Waals surface area contributed by atoms with Gasteiger partial charge in [-0.15, -0.1) is 0 Å². The van der Waals surface area contributed by atoms with E-state index >= 15 is 4.39 Å². The Morgan fingerprint density at radius 1 is 1.19 bits per heavy atom. The number of anilines is 1. The molecular weight excluding hydrogens is 697 g/mol. The number of unbranched alkanes of at least 4 members (excludes halogenated alkanes) is 1. The van der Waals surface area contributed by atoms with Gasteiger partial charge in [-0.3, -0.25) is 17.8 Å². The summed E-state index contributed by atoms with van der Waals surface area (Å²) >= 11 is 4.53. The average Bonchev–Trinajstić information content (AvgIpc) is 3.32. The third kappa shape index (κ3) is 6.29. The number of carbonyl (C=O) groups is 1. The molecule has 5 rings (SSSR count). The molecule has 2 aromatic heterocycles. The van der Waals surface area contributed by atoms with Gasteiger partial charge in [0, 0.05) is 52.3 Å². The second-order valence-electron chi connectivity index (χ2n) is 10.4. The predicted octanol–water partition coefficient (Wildman–Crippen LogP) is 6.92. The van der Waals surface area contributed by atoms with Gasteiger partial charge < -0.3 is 5.11 Å². The minimum absolute atomic E-state index is 0.0662. The van der Waals surface area contributed by atoms with E-state index in [4.69, 9.17) is 4.98 Å². The van der Waals surface area contributed by atoms with E-state index < -0.39 is 12.0 Å². The Morgan fingerprint density at radius 2 is 2.03 bits per heavy atom. The fraction of sp³-hybridized carbons (Fsp3) is 0.536. The Labute approximate surface area is 245 Å². The zero-order valence-corrected chi connectivity index (χ0v) is 25.2. The maximum absolute atomic E-state index is 15.2. The lowest BCUT2D eigenvalue weighted by Gasteiger charge is -2.31. The second kappa shape index (κ2) is 12.2. The number of nitrogens with zero attached hydrogens (tertiary/aromatic N) is 4. The van der Waals surface area contributed by atoms with Crippen LogP contribution in [-0.2, 0) is 17.6 Å². The Bertz CT molecular complexity index is 1190. The molecule has 2 fully saturated rings. The molecule has 37 heavy (non-hydrogen) atoms. The number of hydrogen-bond donors (Lipinski definition) is 1. The summed E-state index contributed by atoms with van der Waals surface area (Å²) in [6.45, 7) is 1.96. The molecule has 3 aliphatic rings. The summed E-state index contributed by atoms with van der Waals surface area (Å²) in [5.41, 5.74) is 4.83. The van der Waals surface area contributed by atoms with Crippen molar-refractivity contribution in [3.8, 4) is 0 Å². The standard InChI is InChI=1S/C28H33FI2N4O2/c29-24(9-2-1-8-22-11-10-19-7-4-13-35(31)27(19)33-22)20-12-14-34(17-20)26(28(36)37)23-15-21(30)16-32-25(23)18-5-3-6-18/h10-11,15-16,18,26H,1-9,12-14,17H2,(H,36,37)/b24-20-/t26-/m0/s1. The lowest BCUT2D eigenvalue weighted by molar-refractivity contribution is -0.143. The predicted molar refractivity (Wildman–Crippen MR) is 160 cm³/mol. The molecule has 1 atom stereocenters. The van der Waals surface area contributed by atoms with Crippen molar-refractivity contribution in [2.75, 3.05) is 22.7 Å². The number of aryl methyl sites for hydroxylation is 2. The number of carboxylic acids is 1. The summed E-state index contributed by atoms with van der Waals surface area (Å²) in [5, 5.41) is 10.2. The first-order valence-corrected chi connectivity index (χ1v) is 15.4. The molecule has 1 saturated heterocycles. The number of likely N-dealkylation sites (tertiary alicyclic amines) is 1. The van der Waals surface area contributed by atoms with Crippen molar-refractivity contribution >= 4 is 57.2 Å². The molecule has 9 heteroatoms. The van der Waals surface area contributed by atoms with Gasteiger partial charge in [0.15, 0.2) is 0 Å². The Hall–Kier alpha value is -1.34. The number of rotatable bonds is 9. The summed E-state index contributed by atoms with van der Waals surface area (Å²) in [6.07, 6.45) is 10.8. The first-order chi connectivity index (χ1) is 17.9. The first kappa shape index (κ1) is 27.2. The van der Waals surface area contributed by atoms with Crippen LogP contribution in [0.25, 0.3) is 0 Å². The molecule has 0 unspecified atom stereocenters. The highest BCUT2D eigenvalue weighted by Crippen LogP contribution is 2.41. The van der Waals surface area contributed by atoms with E-state index in [2.05, 4.69) is 65.7 Å². The van der Waals surface area contributed by atoms with Crippen molar-refractivity contribution in [3.05, 3.63) is 61.9 Å². The van der Waals surface area contributed by atoms with E-state index in [0.29, 0.717) is 31.8 Å². The fourth-order valence-corrected chi connectivity index (χ4v) is 6.89. The third-order valence-electron chi connectivity index (χ3n) is 7.90. The molecular formula is C28H33FI2N4O2. The van der Waals surface area contributed by atoms with Crippen molar-refractivity contribution in [1.82, 2.24) is 14.9 Å². The van der Waals surface area contributed by atoms with Crippen LogP contribution in [0.1, 0.15) is 85.8 Å². The smallest absolute Gasteiger partial charge is 0.325 e. The molecule has 4 heterocycles. The van der Waals surface area contributed by atoms with Gasteiger partial charge in [0.05, 0.1) is 22.9 Å². The number of fused-ring (bicyclic) bond motifs is 1. The quantitative estimate of drug-likeness (QED) is 0.172. The van der Waals surface area contributed by atoms with Crippen LogP contribution in [0.3, 0.4) is 0 Å². The molecule has 1 N–H and O–H groups in total. The average molecular weight is 730 g/mol. The molecule has 1 saturated carbocycles. The number of aromatic nitrogens is 2. The minimum atomic E-state index is -0.881. The number of halogens is 3. The minimum Gasteiger partial charge on any atom is -0.480 e. The van der Waals surface area contributed by atoms with Crippen LogP contribution in [0.5, 0.6) is 0 Å². The van der Waals surface area contributed by atoms with Crippen LogP contribution in [0.4, 0.5) is 10.2 Å². The zero-order chi connectivity index (χ0) is 25.9. The van der Waals surface area contributed by atoms with Crippen molar-refractivity contribution < 1.29 is 14.3 Å². The summed E-state index contributed by atoms with van der Waals surface area (Å²) in [7, 11) is 0. The Balaban J connectivity index is 1.19. The highest BCUT2D eigenvalue weighted by molar-refractivity contribution is 14.1. The van der Waals surface area contributed by atoms with Gasteiger partial charge in [-0.2, -0.15) is 0 Å². The topological polar surface area (TPSA) is 69.6 Å². The van der Waals surface area contributed by atoms with Crippen LogP contribution in [0.2, 0.25) is 0 Å². The highest BCUT2D eigenvalue weighted by Gasteiger charge is 2.36. The van der Waals surface area contributed by atoms with E-state index in [0.717, 1.165) is 83.4 Å². The van der Waals surface area contributed by atoms with Gasteiger partial charge in [0.2, 0.25) is 0 Å². The van der Waals surface area contributed by atoms with Gasteiger partial charge in [0.1, 0.15) is 17.7 Å². The van der Waals surface area contributed by atoms with E-state index in [1.165, 1.54) is 12.0 Å². The lowest BCUT2D eigenvalue weighted by Crippen LogP contribution is -2.33. The van der Waals surface area contributed by atoms with Crippen LogP contribution < -0.4 is 3.11 Å². The highest BCUT2D eigenvalue weighted by atomic mass is 127. The van der Waals surface area contributed by atoms with Crippen molar-refractivity contribution in [2.45, 2.75) is 76.2 Å². The van der Waals surface area contributed by atoms with E-state index in [-0.39, 0.29) is 5.83 Å². The molecule has 1 aliphatic carbocycles. The third-order valence-corrected chi connectivity index (χ3v) is 9.43. The SMILES string of the molecule is O=C(O)[C@H](c1cc(I)cnc1C1CCC1)N1CC/C(=C(/F)CCCCc2ccc3c(n2)N(I)CCC3)C1. The lowest BCUT2D eigenvalue weighted by atomic mass is 9.80. The molecule has 198 valence electrons. The number of aliphatic carboxylic acids is 1. The van der Waals surface area contributed by atoms with Gasteiger partial charge >= 0.3 is 5.97 Å². The number of pyridine rings is 2. The summed E-state index contributed by atoms with van der Waals surface area (Å²) in [4.78, 5) is 23.8. The fourth-order valence-electron chi connectivity index (χ4n) is 5.66. The van der Waals surface area contributed by atoms with Gasteiger partial charge in [-0.1, -0.05) is 12.5 Å². The van der Waals surface area contributed by atoms with Crippen molar-refractivity contribution in [1.29, 1.82) is 0 Å². The second-order valence-corrected chi connectivity index (χ2v) is 12.8. The van der Waals surface area contributed by atoms with Crippen LogP contribution >= 0.6 is 45.5 Å². The summed E-state index contributed by atoms with van der Waals surface area (Å²) < 4.78 is 18.3. The molecule has 0 amide bonds. The normalized spacial score (nSPS) is 20.5. The molecule has 2 aliphatic heterocycles. The molecule has 0 radical (unpaired) electrons. The zero-order valence-electron chi connectivity index (χ0n) is 20.9.